The van der Waals surface area contributed by atoms with Crippen molar-refractivity contribution in [3.05, 3.63) is 64.5 Å². The van der Waals surface area contributed by atoms with E-state index in [1.165, 1.54) is 0 Å². The Bertz CT molecular complexity index is 1030. The van der Waals surface area contributed by atoms with E-state index in [-0.39, 0.29) is 10.6 Å². The maximum absolute atomic E-state index is 14.1. The molecule has 1 aromatic heterocycles. The fourth-order valence-corrected chi connectivity index (χ4v) is 2.48. The molecule has 0 bridgehead atoms. The van der Waals surface area contributed by atoms with Crippen LogP contribution >= 0.6 is 0 Å². The highest BCUT2D eigenvalue weighted by atomic mass is 19.4. The number of aromatic nitrogens is 1. The van der Waals surface area contributed by atoms with Gasteiger partial charge in [-0.2, -0.15) is 13.2 Å². The Morgan fingerprint density at radius 2 is 1.80 bits per heavy atom. The molecule has 3 rings (SSSR count). The van der Waals surface area contributed by atoms with Gasteiger partial charge in [-0.3, -0.25) is 9.59 Å². The maximum Gasteiger partial charge on any atom is 0.507 e. The number of benzene rings is 1. The first-order chi connectivity index (χ1) is 14.0. The lowest BCUT2D eigenvalue weighted by Crippen LogP contribution is -2.47. The maximum atomic E-state index is 14.1. The standard InChI is InChI=1S/C17H12F5N3O5/c18-16(19,20)13-11(7-12(14(23)26)15(27)24-13)9-1-3-10(4-2-9)30-17(21,22)25-8-28-5-6-29-25/h1-7H,8H2,(H2,23,26)(H,24,27). The topological polar surface area (TPSA) is 107 Å². The van der Waals surface area contributed by atoms with Crippen molar-refractivity contribution in [3.63, 3.8) is 0 Å². The van der Waals surface area contributed by atoms with Gasteiger partial charge in [0.1, 0.15) is 29.5 Å². The first-order valence-corrected chi connectivity index (χ1v) is 8.01. The van der Waals surface area contributed by atoms with E-state index in [1.54, 1.807) is 4.98 Å². The summed E-state index contributed by atoms with van der Waals surface area (Å²) in [5.74, 6) is -1.64. The number of halogens is 5. The Hall–Kier alpha value is -3.61. The zero-order valence-electron chi connectivity index (χ0n) is 14.7. The van der Waals surface area contributed by atoms with E-state index in [9.17, 15) is 31.5 Å². The van der Waals surface area contributed by atoms with Gasteiger partial charge in [0.15, 0.2) is 6.73 Å². The average molecular weight is 433 g/mol. The van der Waals surface area contributed by atoms with Crippen molar-refractivity contribution in [2.45, 2.75) is 12.4 Å². The molecule has 1 amide bonds. The van der Waals surface area contributed by atoms with Gasteiger partial charge in [0, 0.05) is 5.56 Å². The third kappa shape index (κ3) is 4.35. The molecule has 0 aliphatic carbocycles. The summed E-state index contributed by atoms with van der Waals surface area (Å²) in [6.45, 7) is -0.635. The molecular formula is C17H12F5N3O5. The highest BCUT2D eigenvalue weighted by molar-refractivity contribution is 5.93. The molecule has 2 heterocycles. The monoisotopic (exact) mass is 433 g/mol. The number of carbonyl (C=O) groups excluding carboxylic acids is 1. The van der Waals surface area contributed by atoms with Crippen LogP contribution < -0.4 is 16.0 Å². The van der Waals surface area contributed by atoms with Crippen molar-refractivity contribution < 1.29 is 41.1 Å². The molecule has 0 saturated heterocycles. The summed E-state index contributed by atoms with van der Waals surface area (Å²) >= 11 is 0. The van der Waals surface area contributed by atoms with Crippen LogP contribution in [-0.2, 0) is 15.8 Å². The van der Waals surface area contributed by atoms with Gasteiger partial charge in [-0.15, -0.1) is 8.78 Å². The second kappa shape index (κ2) is 7.67. The van der Waals surface area contributed by atoms with Gasteiger partial charge < -0.3 is 25.0 Å². The van der Waals surface area contributed by atoms with E-state index in [2.05, 4.69) is 14.3 Å². The number of aromatic amines is 1. The predicted molar refractivity (Wildman–Crippen MR) is 89.6 cm³/mol. The van der Waals surface area contributed by atoms with E-state index < -0.39 is 53.2 Å². The van der Waals surface area contributed by atoms with Gasteiger partial charge in [0.2, 0.25) is 0 Å². The Morgan fingerprint density at radius 3 is 2.33 bits per heavy atom. The number of ether oxygens (including phenoxy) is 2. The van der Waals surface area contributed by atoms with E-state index in [0.717, 1.165) is 36.8 Å². The number of amides is 1. The molecule has 0 spiro atoms. The molecule has 13 heteroatoms. The van der Waals surface area contributed by atoms with Crippen LogP contribution in [0.1, 0.15) is 16.1 Å². The summed E-state index contributed by atoms with van der Waals surface area (Å²) in [7, 11) is 0. The summed E-state index contributed by atoms with van der Waals surface area (Å²) in [6, 6.07) is 4.69. The lowest BCUT2D eigenvalue weighted by Gasteiger charge is -2.29. The van der Waals surface area contributed by atoms with Gasteiger partial charge in [0.05, 0.1) is 0 Å². The molecular weight excluding hydrogens is 421 g/mol. The number of nitrogens with one attached hydrogen (secondary N) is 1. The SMILES string of the molecule is NC(=O)c1cc(-c2ccc(OC(F)(F)N3COC=CO3)cc2)c(C(F)(F)F)[nH]c1=O. The fourth-order valence-electron chi connectivity index (χ4n) is 2.48. The Morgan fingerprint density at radius 1 is 1.13 bits per heavy atom. The summed E-state index contributed by atoms with van der Waals surface area (Å²) in [5.41, 5.74) is 0.860. The van der Waals surface area contributed by atoms with Crippen molar-refractivity contribution in [1.29, 1.82) is 0 Å². The van der Waals surface area contributed by atoms with E-state index in [1.807, 2.05) is 0 Å². The van der Waals surface area contributed by atoms with Crippen LogP contribution in [0.4, 0.5) is 22.0 Å². The Balaban J connectivity index is 1.94. The summed E-state index contributed by atoms with van der Waals surface area (Å²) in [6.07, 6.45) is -7.02. The number of pyridine rings is 1. The quantitative estimate of drug-likeness (QED) is 0.555. The average Bonchev–Trinajstić information content (AvgIpc) is 2.68. The van der Waals surface area contributed by atoms with E-state index in [0.29, 0.717) is 6.07 Å². The molecule has 2 aromatic rings. The van der Waals surface area contributed by atoms with Gasteiger partial charge in [-0.25, -0.2) is 0 Å². The van der Waals surface area contributed by atoms with Crippen LogP contribution in [0.5, 0.6) is 5.75 Å². The van der Waals surface area contributed by atoms with Gasteiger partial charge >= 0.3 is 12.4 Å². The molecule has 30 heavy (non-hydrogen) atoms. The minimum Gasteiger partial charge on any atom is -0.479 e. The lowest BCUT2D eigenvalue weighted by molar-refractivity contribution is -0.396. The number of hydrogen-bond donors (Lipinski definition) is 2. The van der Waals surface area contributed by atoms with Crippen molar-refractivity contribution in [2.24, 2.45) is 5.73 Å². The molecule has 3 N–H and O–H groups in total. The van der Waals surface area contributed by atoms with Crippen LogP contribution in [0, 0.1) is 0 Å². The molecule has 0 radical (unpaired) electrons. The first-order valence-electron chi connectivity index (χ1n) is 8.01. The van der Waals surface area contributed by atoms with Crippen LogP contribution in [0.15, 0.2) is 47.7 Å². The number of hydroxylamine groups is 2. The Kier molecular flexibility index (Phi) is 5.39. The normalized spacial score (nSPS) is 14.7. The largest absolute Gasteiger partial charge is 0.507 e. The van der Waals surface area contributed by atoms with Crippen LogP contribution in [-0.4, -0.2) is 28.9 Å². The second-order valence-electron chi connectivity index (χ2n) is 5.83. The highest BCUT2D eigenvalue weighted by Crippen LogP contribution is 2.36. The molecule has 0 unspecified atom stereocenters. The molecule has 8 nitrogen and oxygen atoms in total. The van der Waals surface area contributed by atoms with Crippen molar-refractivity contribution in [1.82, 2.24) is 10.0 Å². The highest BCUT2D eigenvalue weighted by Gasteiger charge is 2.44. The number of nitrogens with zero attached hydrogens (tertiary/aromatic N) is 1. The van der Waals surface area contributed by atoms with Crippen molar-refractivity contribution in [3.8, 4) is 16.9 Å². The molecule has 0 fully saturated rings. The predicted octanol–water partition coefficient (Wildman–Crippen LogP) is 2.78. The zero-order chi connectivity index (χ0) is 22.1. The zero-order valence-corrected chi connectivity index (χ0v) is 14.7. The smallest absolute Gasteiger partial charge is 0.479 e. The van der Waals surface area contributed by atoms with Gasteiger partial charge in [-0.1, -0.05) is 12.1 Å². The number of H-pyrrole nitrogens is 1. The molecule has 0 atom stereocenters. The third-order valence-electron chi connectivity index (χ3n) is 3.82. The number of alkyl halides is 5. The third-order valence-corrected chi connectivity index (χ3v) is 3.82. The number of primary amides is 1. The second-order valence-corrected chi connectivity index (χ2v) is 5.83. The van der Waals surface area contributed by atoms with E-state index in [4.69, 9.17) is 5.73 Å². The van der Waals surface area contributed by atoms with Crippen molar-refractivity contribution >= 4 is 5.91 Å². The first kappa shape index (κ1) is 21.1. The van der Waals surface area contributed by atoms with Gasteiger partial charge in [0.25, 0.3) is 11.5 Å². The lowest BCUT2D eigenvalue weighted by atomic mass is 10.0. The van der Waals surface area contributed by atoms with Crippen LogP contribution in [0.3, 0.4) is 0 Å². The number of hydrogen-bond acceptors (Lipinski definition) is 6. The summed E-state index contributed by atoms with van der Waals surface area (Å²) in [5, 5.41) is 0.0870. The molecule has 1 aromatic carbocycles. The van der Waals surface area contributed by atoms with E-state index >= 15 is 0 Å². The van der Waals surface area contributed by atoms with Gasteiger partial charge in [-0.05, 0) is 28.8 Å². The minimum atomic E-state index is -4.97. The number of carbonyl (C=O) groups is 1. The molecule has 0 saturated carbocycles. The molecule has 1 aliphatic heterocycles. The molecule has 1 aliphatic rings. The number of rotatable bonds is 5. The minimum absolute atomic E-state index is 0.0870. The van der Waals surface area contributed by atoms with Crippen molar-refractivity contribution in [2.75, 3.05) is 6.73 Å². The number of nitrogens with two attached hydrogens (primary N) is 1. The van der Waals surface area contributed by atoms with Crippen LogP contribution in [0.2, 0.25) is 0 Å². The fraction of sp³-hybridized carbons (Fsp3) is 0.176. The Labute approximate surface area is 164 Å². The summed E-state index contributed by atoms with van der Waals surface area (Å²) < 4.78 is 77.2. The summed E-state index contributed by atoms with van der Waals surface area (Å²) in [4.78, 5) is 29.1. The van der Waals surface area contributed by atoms with Crippen LogP contribution in [0.25, 0.3) is 11.1 Å². The molecule has 160 valence electrons.